The van der Waals surface area contributed by atoms with E-state index in [2.05, 4.69) is 5.10 Å². The monoisotopic (exact) mass is 284 g/mol. The summed E-state index contributed by atoms with van der Waals surface area (Å²) in [6, 6.07) is 0. The minimum atomic E-state index is -4.61. The second-order valence-electron chi connectivity index (χ2n) is 4.24. The Morgan fingerprint density at radius 3 is 2.39 bits per heavy atom. The number of nitrogens with zero attached hydrogens (tertiary/aromatic N) is 2. The first-order valence-electron chi connectivity index (χ1n) is 4.97. The number of hydrogen-bond acceptors (Lipinski definition) is 4. The van der Waals surface area contributed by atoms with Gasteiger partial charge in [0.1, 0.15) is 10.4 Å². The highest BCUT2D eigenvalue weighted by molar-refractivity contribution is 7.89. The molecule has 3 N–H and O–H groups in total. The molecule has 0 aliphatic heterocycles. The van der Waals surface area contributed by atoms with Crippen molar-refractivity contribution in [2.75, 3.05) is 5.73 Å². The van der Waals surface area contributed by atoms with Crippen LogP contribution in [0.4, 0.5) is 19.0 Å². The van der Waals surface area contributed by atoms with E-state index in [9.17, 15) is 21.6 Å². The fourth-order valence-electron chi connectivity index (χ4n) is 1.57. The number of aryl methyl sites for hydroxylation is 1. The molecule has 0 bridgehead atoms. The van der Waals surface area contributed by atoms with Crippen molar-refractivity contribution in [1.29, 1.82) is 0 Å². The van der Waals surface area contributed by atoms with E-state index < -0.39 is 26.6 Å². The van der Waals surface area contributed by atoms with Gasteiger partial charge >= 0.3 is 6.18 Å². The van der Waals surface area contributed by atoms with Crippen LogP contribution in [0.3, 0.4) is 0 Å². The van der Waals surface area contributed by atoms with E-state index in [1.54, 1.807) is 4.72 Å². The van der Waals surface area contributed by atoms with Gasteiger partial charge in [0.15, 0.2) is 5.82 Å². The largest absolute Gasteiger partial charge is 0.407 e. The molecule has 0 spiro atoms. The number of anilines is 1. The molecule has 0 aromatic carbocycles. The zero-order valence-electron chi connectivity index (χ0n) is 9.32. The molecule has 0 atom stereocenters. The summed E-state index contributed by atoms with van der Waals surface area (Å²) in [7, 11) is -2.90. The van der Waals surface area contributed by atoms with Crippen molar-refractivity contribution >= 4 is 15.8 Å². The molecule has 1 aliphatic carbocycles. The molecule has 0 unspecified atom stereocenters. The fraction of sp³-hybridized carbons (Fsp3) is 0.625. The normalized spacial score (nSPS) is 18.9. The molecule has 1 heterocycles. The van der Waals surface area contributed by atoms with Gasteiger partial charge in [0.2, 0.25) is 10.0 Å². The maximum atomic E-state index is 12.7. The lowest BCUT2D eigenvalue weighted by atomic mass is 10.3. The summed E-state index contributed by atoms with van der Waals surface area (Å²) in [4.78, 5) is -0.444. The lowest BCUT2D eigenvalue weighted by Gasteiger charge is -2.20. The topological polar surface area (TPSA) is 90.0 Å². The number of rotatable bonds is 3. The predicted octanol–water partition coefficient (Wildman–Crippen LogP) is 0.376. The van der Waals surface area contributed by atoms with E-state index >= 15 is 0 Å². The van der Waals surface area contributed by atoms with Gasteiger partial charge in [0.25, 0.3) is 0 Å². The Labute approximate surface area is 101 Å². The van der Waals surface area contributed by atoms with E-state index in [-0.39, 0.29) is 18.7 Å². The van der Waals surface area contributed by atoms with Gasteiger partial charge in [0.05, 0.1) is 0 Å². The Bertz CT molecular complexity index is 574. The molecule has 1 aliphatic rings. The highest BCUT2D eigenvalue weighted by atomic mass is 32.2. The first kappa shape index (κ1) is 13.1. The first-order valence-corrected chi connectivity index (χ1v) is 6.46. The van der Waals surface area contributed by atoms with Crippen LogP contribution in [0.5, 0.6) is 0 Å². The van der Waals surface area contributed by atoms with Crippen LogP contribution < -0.4 is 10.5 Å². The number of sulfonamides is 1. The summed E-state index contributed by atoms with van der Waals surface area (Å²) < 4.78 is 64.4. The van der Waals surface area contributed by atoms with Crippen LogP contribution in [-0.4, -0.2) is 29.9 Å². The number of aromatic nitrogens is 2. The summed E-state index contributed by atoms with van der Waals surface area (Å²) in [5.74, 6) is -0.331. The van der Waals surface area contributed by atoms with Crippen molar-refractivity contribution in [2.45, 2.75) is 29.5 Å². The summed E-state index contributed by atoms with van der Waals surface area (Å²) in [6.07, 6.45) is -4.09. The Balaban J connectivity index is 2.32. The Kier molecular flexibility index (Phi) is 2.63. The molecular formula is C8H11F3N4O2S. The SMILES string of the molecule is Cn1cc(S(=O)(=O)NC2(C(F)(F)F)CC2)c(N)n1. The molecule has 1 saturated carbocycles. The summed E-state index contributed by atoms with van der Waals surface area (Å²) >= 11 is 0. The number of halogens is 3. The molecule has 1 aromatic rings. The molecule has 10 heteroatoms. The molecule has 0 saturated heterocycles. The van der Waals surface area contributed by atoms with E-state index in [4.69, 9.17) is 5.73 Å². The average Bonchev–Trinajstić information content (AvgIpc) is 2.85. The van der Waals surface area contributed by atoms with Crippen LogP contribution in [0.25, 0.3) is 0 Å². The number of nitrogens with one attached hydrogen (secondary N) is 1. The van der Waals surface area contributed by atoms with Gasteiger partial charge in [-0.1, -0.05) is 0 Å². The maximum Gasteiger partial charge on any atom is 0.407 e. The van der Waals surface area contributed by atoms with Gasteiger partial charge in [0, 0.05) is 13.2 Å². The number of hydrogen-bond donors (Lipinski definition) is 2. The highest BCUT2D eigenvalue weighted by Gasteiger charge is 2.65. The molecule has 1 aromatic heterocycles. The van der Waals surface area contributed by atoms with Crippen molar-refractivity contribution in [2.24, 2.45) is 7.05 Å². The second kappa shape index (κ2) is 3.60. The second-order valence-corrected chi connectivity index (χ2v) is 5.89. The third-order valence-corrected chi connectivity index (χ3v) is 4.29. The van der Waals surface area contributed by atoms with E-state index in [0.717, 1.165) is 10.9 Å². The summed E-state index contributed by atoms with van der Waals surface area (Å²) in [5, 5.41) is 3.58. The first-order chi connectivity index (χ1) is 8.07. The lowest BCUT2D eigenvalue weighted by Crippen LogP contribution is -2.47. The molecule has 6 nitrogen and oxygen atoms in total. The van der Waals surface area contributed by atoms with E-state index in [1.165, 1.54) is 7.05 Å². The fourth-order valence-corrected chi connectivity index (χ4v) is 3.12. The third-order valence-electron chi connectivity index (χ3n) is 2.73. The van der Waals surface area contributed by atoms with Crippen LogP contribution in [0, 0.1) is 0 Å². The van der Waals surface area contributed by atoms with Gasteiger partial charge in [-0.05, 0) is 12.8 Å². The maximum absolute atomic E-state index is 12.7. The Morgan fingerprint density at radius 2 is 2.06 bits per heavy atom. The van der Waals surface area contributed by atoms with Crippen LogP contribution >= 0.6 is 0 Å². The molecule has 1 fully saturated rings. The van der Waals surface area contributed by atoms with Crippen LogP contribution in [-0.2, 0) is 17.1 Å². The van der Waals surface area contributed by atoms with Crippen molar-refractivity contribution in [1.82, 2.24) is 14.5 Å². The van der Waals surface area contributed by atoms with Crippen LogP contribution in [0.15, 0.2) is 11.1 Å². The van der Waals surface area contributed by atoms with Crippen molar-refractivity contribution < 1.29 is 21.6 Å². The third kappa shape index (κ3) is 2.05. The number of alkyl halides is 3. The molecule has 0 radical (unpaired) electrons. The van der Waals surface area contributed by atoms with Crippen molar-refractivity contribution in [3.05, 3.63) is 6.20 Å². The Morgan fingerprint density at radius 1 is 1.50 bits per heavy atom. The molecule has 18 heavy (non-hydrogen) atoms. The van der Waals surface area contributed by atoms with Gasteiger partial charge < -0.3 is 5.73 Å². The van der Waals surface area contributed by atoms with Crippen LogP contribution in [0.2, 0.25) is 0 Å². The quantitative estimate of drug-likeness (QED) is 0.839. The zero-order chi connectivity index (χ0) is 13.8. The smallest absolute Gasteiger partial charge is 0.381 e. The molecule has 2 rings (SSSR count). The average molecular weight is 284 g/mol. The van der Waals surface area contributed by atoms with Crippen molar-refractivity contribution in [3.8, 4) is 0 Å². The zero-order valence-corrected chi connectivity index (χ0v) is 10.1. The minimum Gasteiger partial charge on any atom is -0.381 e. The Hall–Kier alpha value is -1.29. The molecule has 0 amide bonds. The standard InChI is InChI=1S/C8H11F3N4O2S/c1-15-4-5(6(12)13-15)18(16,17)14-7(2-3-7)8(9,10)11/h4,14H,2-3H2,1H3,(H2,12,13). The molecule has 102 valence electrons. The van der Waals surface area contributed by atoms with Crippen molar-refractivity contribution in [3.63, 3.8) is 0 Å². The van der Waals surface area contributed by atoms with Gasteiger partial charge in [-0.3, -0.25) is 4.68 Å². The minimum absolute atomic E-state index is 0.268. The van der Waals surface area contributed by atoms with Gasteiger partial charge in [-0.2, -0.15) is 23.0 Å². The van der Waals surface area contributed by atoms with Gasteiger partial charge in [-0.25, -0.2) is 8.42 Å². The van der Waals surface area contributed by atoms with E-state index in [0.29, 0.717) is 0 Å². The number of nitrogen functional groups attached to an aromatic ring is 1. The van der Waals surface area contributed by atoms with Crippen LogP contribution in [0.1, 0.15) is 12.8 Å². The summed E-state index contributed by atoms with van der Waals surface area (Å²) in [5.41, 5.74) is 2.99. The predicted molar refractivity (Wildman–Crippen MR) is 56.0 cm³/mol. The van der Waals surface area contributed by atoms with E-state index in [1.807, 2.05) is 0 Å². The van der Waals surface area contributed by atoms with Gasteiger partial charge in [-0.15, -0.1) is 0 Å². The number of nitrogens with two attached hydrogens (primary N) is 1. The highest BCUT2D eigenvalue weighted by Crippen LogP contribution is 2.49. The lowest BCUT2D eigenvalue weighted by molar-refractivity contribution is -0.160. The summed E-state index contributed by atoms with van der Waals surface area (Å²) in [6.45, 7) is 0. The molecular weight excluding hydrogens is 273 g/mol.